The fourth-order valence-electron chi connectivity index (χ4n) is 2.82. The zero-order valence-corrected chi connectivity index (χ0v) is 11.1. The summed E-state index contributed by atoms with van der Waals surface area (Å²) in [7, 11) is 0. The van der Waals surface area contributed by atoms with Crippen molar-refractivity contribution in [1.29, 1.82) is 0 Å². The largest absolute Gasteiger partial charge is 0.472 e. The van der Waals surface area contributed by atoms with E-state index in [2.05, 4.69) is 0 Å². The van der Waals surface area contributed by atoms with Crippen molar-refractivity contribution in [3.8, 4) is 0 Å². The minimum atomic E-state index is -0.539. The lowest BCUT2D eigenvalue weighted by molar-refractivity contribution is -0.145. The first kappa shape index (κ1) is 13.3. The van der Waals surface area contributed by atoms with Crippen molar-refractivity contribution < 1.29 is 13.9 Å². The fourth-order valence-corrected chi connectivity index (χ4v) is 2.82. The summed E-state index contributed by atoms with van der Waals surface area (Å²) in [6, 6.07) is 1.86. The van der Waals surface area contributed by atoms with E-state index in [1.165, 1.54) is 12.8 Å². The molecule has 0 bridgehead atoms. The minimum Gasteiger partial charge on any atom is -0.472 e. The van der Waals surface area contributed by atoms with E-state index in [0.29, 0.717) is 13.0 Å². The molecule has 0 spiro atoms. The van der Waals surface area contributed by atoms with Gasteiger partial charge in [0.2, 0.25) is 0 Å². The zero-order chi connectivity index (χ0) is 12.8. The Kier molecular flexibility index (Phi) is 4.59. The van der Waals surface area contributed by atoms with Gasteiger partial charge < -0.3 is 9.15 Å². The molecule has 18 heavy (non-hydrogen) atoms. The average Bonchev–Trinajstić information content (AvgIpc) is 2.74. The Morgan fingerprint density at radius 2 is 2.06 bits per heavy atom. The summed E-state index contributed by atoms with van der Waals surface area (Å²) in [5.74, 6) is 0.215. The predicted molar refractivity (Wildman–Crippen MR) is 69.5 cm³/mol. The molecule has 0 N–H and O–H groups in total. The lowest BCUT2D eigenvalue weighted by Crippen LogP contribution is -2.42. The SMILES string of the molecule is CCOC1(C(=O)Cc2ccoc2)CCCCCC1. The summed E-state index contributed by atoms with van der Waals surface area (Å²) >= 11 is 0. The van der Waals surface area contributed by atoms with Gasteiger partial charge in [-0.2, -0.15) is 0 Å². The molecule has 0 saturated heterocycles. The third-order valence-corrected chi connectivity index (χ3v) is 3.78. The van der Waals surface area contributed by atoms with E-state index in [1.54, 1.807) is 12.5 Å². The second-order valence-corrected chi connectivity index (χ2v) is 5.07. The molecular formula is C15H22O3. The number of ether oxygens (including phenoxy) is 1. The summed E-state index contributed by atoms with van der Waals surface area (Å²) in [4.78, 5) is 12.6. The van der Waals surface area contributed by atoms with Gasteiger partial charge in [-0.15, -0.1) is 0 Å². The van der Waals surface area contributed by atoms with Crippen molar-refractivity contribution in [2.75, 3.05) is 6.61 Å². The molecule has 100 valence electrons. The molecule has 0 atom stereocenters. The van der Waals surface area contributed by atoms with Gasteiger partial charge >= 0.3 is 0 Å². The maximum Gasteiger partial charge on any atom is 0.169 e. The molecule has 0 amide bonds. The molecule has 0 aliphatic heterocycles. The second-order valence-electron chi connectivity index (χ2n) is 5.07. The van der Waals surface area contributed by atoms with Crippen molar-refractivity contribution >= 4 is 5.78 Å². The fraction of sp³-hybridized carbons (Fsp3) is 0.667. The van der Waals surface area contributed by atoms with Crippen LogP contribution in [0.5, 0.6) is 0 Å². The Labute approximate surface area is 109 Å². The van der Waals surface area contributed by atoms with E-state index < -0.39 is 5.60 Å². The molecule has 1 heterocycles. The Morgan fingerprint density at radius 3 is 2.61 bits per heavy atom. The minimum absolute atomic E-state index is 0.215. The molecule has 1 aliphatic rings. The molecule has 1 aromatic heterocycles. The molecular weight excluding hydrogens is 228 g/mol. The number of furan rings is 1. The lowest BCUT2D eigenvalue weighted by Gasteiger charge is -2.31. The van der Waals surface area contributed by atoms with Crippen molar-refractivity contribution in [2.24, 2.45) is 0 Å². The maximum atomic E-state index is 12.6. The first-order valence-electron chi connectivity index (χ1n) is 6.95. The van der Waals surface area contributed by atoms with Crippen LogP contribution in [0.4, 0.5) is 0 Å². The monoisotopic (exact) mass is 250 g/mol. The molecule has 1 aromatic rings. The quantitative estimate of drug-likeness (QED) is 0.751. The van der Waals surface area contributed by atoms with Gasteiger partial charge in [-0.05, 0) is 31.4 Å². The third-order valence-electron chi connectivity index (χ3n) is 3.78. The molecule has 1 aliphatic carbocycles. The van der Waals surface area contributed by atoms with E-state index in [0.717, 1.165) is 31.2 Å². The predicted octanol–water partition coefficient (Wildman–Crippen LogP) is 3.52. The Hall–Kier alpha value is -1.09. The Balaban J connectivity index is 2.09. The van der Waals surface area contributed by atoms with E-state index in [4.69, 9.17) is 9.15 Å². The van der Waals surface area contributed by atoms with Crippen LogP contribution in [-0.4, -0.2) is 18.0 Å². The van der Waals surface area contributed by atoms with Gasteiger partial charge in [0.05, 0.1) is 12.5 Å². The summed E-state index contributed by atoms with van der Waals surface area (Å²) in [5, 5.41) is 0. The summed E-state index contributed by atoms with van der Waals surface area (Å²) in [6.07, 6.45) is 10.1. The highest BCUT2D eigenvalue weighted by Crippen LogP contribution is 2.32. The Bertz CT molecular complexity index is 359. The van der Waals surface area contributed by atoms with Crippen LogP contribution in [0.2, 0.25) is 0 Å². The smallest absolute Gasteiger partial charge is 0.169 e. The number of carbonyl (C=O) groups excluding carboxylic acids is 1. The van der Waals surface area contributed by atoms with Crippen molar-refractivity contribution in [1.82, 2.24) is 0 Å². The van der Waals surface area contributed by atoms with E-state index in [-0.39, 0.29) is 5.78 Å². The number of hydrogen-bond donors (Lipinski definition) is 0. The zero-order valence-electron chi connectivity index (χ0n) is 11.1. The van der Waals surface area contributed by atoms with Gasteiger partial charge in [-0.3, -0.25) is 4.79 Å². The second kappa shape index (κ2) is 6.19. The molecule has 0 unspecified atom stereocenters. The number of hydrogen-bond acceptors (Lipinski definition) is 3. The van der Waals surface area contributed by atoms with Gasteiger partial charge in [0.25, 0.3) is 0 Å². The summed E-state index contributed by atoms with van der Waals surface area (Å²) in [6.45, 7) is 2.58. The van der Waals surface area contributed by atoms with Gasteiger partial charge in [0.15, 0.2) is 5.78 Å². The first-order valence-corrected chi connectivity index (χ1v) is 6.95. The van der Waals surface area contributed by atoms with E-state index >= 15 is 0 Å². The van der Waals surface area contributed by atoms with E-state index in [1.807, 2.05) is 13.0 Å². The number of ketones is 1. The van der Waals surface area contributed by atoms with Crippen LogP contribution in [0.25, 0.3) is 0 Å². The number of Topliss-reactive ketones (excluding diaryl/α,β-unsaturated/α-hetero) is 1. The lowest BCUT2D eigenvalue weighted by atomic mass is 9.86. The Morgan fingerprint density at radius 1 is 1.33 bits per heavy atom. The van der Waals surface area contributed by atoms with Crippen LogP contribution in [0, 0.1) is 0 Å². The van der Waals surface area contributed by atoms with Gasteiger partial charge in [-0.1, -0.05) is 25.7 Å². The van der Waals surface area contributed by atoms with Crippen LogP contribution in [-0.2, 0) is 16.0 Å². The van der Waals surface area contributed by atoms with Crippen LogP contribution in [0.3, 0.4) is 0 Å². The standard InChI is InChI=1S/C15H22O3/c1-2-18-15(8-5-3-4-6-9-15)14(16)11-13-7-10-17-12-13/h7,10,12H,2-6,8-9,11H2,1H3. The highest BCUT2D eigenvalue weighted by molar-refractivity contribution is 5.89. The molecule has 0 aromatic carbocycles. The van der Waals surface area contributed by atoms with Crippen molar-refractivity contribution in [3.05, 3.63) is 24.2 Å². The van der Waals surface area contributed by atoms with Crippen molar-refractivity contribution in [2.45, 2.75) is 57.5 Å². The van der Waals surface area contributed by atoms with Crippen LogP contribution >= 0.6 is 0 Å². The summed E-state index contributed by atoms with van der Waals surface area (Å²) < 4.78 is 10.9. The van der Waals surface area contributed by atoms with Crippen molar-refractivity contribution in [3.63, 3.8) is 0 Å². The van der Waals surface area contributed by atoms with Crippen LogP contribution in [0.1, 0.15) is 51.0 Å². The van der Waals surface area contributed by atoms with Gasteiger partial charge in [0.1, 0.15) is 5.60 Å². The summed E-state index contributed by atoms with van der Waals surface area (Å²) in [5.41, 5.74) is 0.408. The van der Waals surface area contributed by atoms with E-state index in [9.17, 15) is 4.79 Å². The maximum absolute atomic E-state index is 12.6. The highest BCUT2D eigenvalue weighted by Gasteiger charge is 2.38. The molecule has 1 saturated carbocycles. The molecule has 3 nitrogen and oxygen atoms in total. The topological polar surface area (TPSA) is 39.4 Å². The van der Waals surface area contributed by atoms with Gasteiger partial charge in [0, 0.05) is 13.0 Å². The molecule has 1 fully saturated rings. The molecule has 3 heteroatoms. The first-order chi connectivity index (χ1) is 8.77. The molecule has 2 rings (SSSR count). The normalized spacial score (nSPS) is 19.4. The highest BCUT2D eigenvalue weighted by atomic mass is 16.5. The third kappa shape index (κ3) is 3.02. The number of carbonyl (C=O) groups is 1. The number of rotatable bonds is 5. The average molecular weight is 250 g/mol. The van der Waals surface area contributed by atoms with Gasteiger partial charge in [-0.25, -0.2) is 0 Å². The van der Waals surface area contributed by atoms with Crippen LogP contribution in [0.15, 0.2) is 23.0 Å². The van der Waals surface area contributed by atoms with Crippen LogP contribution < -0.4 is 0 Å². The molecule has 0 radical (unpaired) electrons.